The number of H-pyrrole nitrogens is 1. The first-order chi connectivity index (χ1) is 10.1. The Balaban J connectivity index is 1.98. The van der Waals surface area contributed by atoms with E-state index in [9.17, 15) is 14.0 Å². The van der Waals surface area contributed by atoms with Crippen molar-refractivity contribution in [2.75, 3.05) is 5.32 Å². The van der Waals surface area contributed by atoms with Crippen molar-refractivity contribution in [2.24, 2.45) is 0 Å². The van der Waals surface area contributed by atoms with Crippen LogP contribution in [0.25, 0.3) is 0 Å². The molecule has 0 unspecified atom stereocenters. The van der Waals surface area contributed by atoms with Gasteiger partial charge in [0, 0.05) is 11.9 Å². The molecular weight excluding hydrogens is 275 g/mol. The highest BCUT2D eigenvalue weighted by Crippen LogP contribution is 2.15. The van der Waals surface area contributed by atoms with E-state index in [1.54, 1.807) is 24.4 Å². The number of rotatable bonds is 3. The lowest BCUT2D eigenvalue weighted by atomic mass is 10.2. The quantitative estimate of drug-likeness (QED) is 0.741. The van der Waals surface area contributed by atoms with E-state index in [0.717, 1.165) is 17.8 Å². The van der Waals surface area contributed by atoms with Gasteiger partial charge in [0.2, 0.25) is 0 Å². The summed E-state index contributed by atoms with van der Waals surface area (Å²) in [6.45, 7) is 0.174. The SMILES string of the molecule is N#Cc1cc(F)ccc1NC(=O)C(=O)NCc1ccc[nH]1. The van der Waals surface area contributed by atoms with Crippen LogP contribution >= 0.6 is 0 Å². The maximum Gasteiger partial charge on any atom is 0.313 e. The van der Waals surface area contributed by atoms with Crippen LogP contribution in [-0.2, 0) is 16.1 Å². The number of nitriles is 1. The highest BCUT2D eigenvalue weighted by molar-refractivity contribution is 6.39. The number of carbonyl (C=O) groups excluding carboxylic acids is 2. The molecule has 2 aromatic rings. The number of hydrogen-bond donors (Lipinski definition) is 3. The number of anilines is 1. The van der Waals surface area contributed by atoms with Crippen molar-refractivity contribution in [1.82, 2.24) is 10.3 Å². The van der Waals surface area contributed by atoms with Crippen molar-refractivity contribution in [1.29, 1.82) is 5.26 Å². The molecule has 7 heteroatoms. The third-order valence-corrected chi connectivity index (χ3v) is 2.66. The van der Waals surface area contributed by atoms with Crippen LogP contribution in [0.4, 0.5) is 10.1 Å². The molecule has 0 atom stereocenters. The van der Waals surface area contributed by atoms with Gasteiger partial charge in [-0.3, -0.25) is 9.59 Å². The standard InChI is InChI=1S/C14H11FN4O2/c15-10-3-4-12(9(6-10)7-16)19-14(21)13(20)18-8-11-2-1-5-17-11/h1-6,17H,8H2,(H,18,20)(H,19,21). The summed E-state index contributed by atoms with van der Waals surface area (Å²) in [6, 6.07) is 8.56. The summed E-state index contributed by atoms with van der Waals surface area (Å²) >= 11 is 0. The molecule has 1 heterocycles. The Morgan fingerprint density at radius 1 is 1.29 bits per heavy atom. The van der Waals surface area contributed by atoms with E-state index in [2.05, 4.69) is 15.6 Å². The summed E-state index contributed by atoms with van der Waals surface area (Å²) in [4.78, 5) is 26.2. The van der Waals surface area contributed by atoms with Crippen LogP contribution in [-0.4, -0.2) is 16.8 Å². The van der Waals surface area contributed by atoms with Gasteiger partial charge in [0.1, 0.15) is 11.9 Å². The summed E-state index contributed by atoms with van der Waals surface area (Å²) in [6.07, 6.45) is 1.69. The number of halogens is 1. The van der Waals surface area contributed by atoms with Crippen molar-refractivity contribution >= 4 is 17.5 Å². The monoisotopic (exact) mass is 286 g/mol. The largest absolute Gasteiger partial charge is 0.364 e. The first-order valence-electron chi connectivity index (χ1n) is 6.01. The van der Waals surface area contributed by atoms with Gasteiger partial charge in [-0.1, -0.05) is 0 Å². The van der Waals surface area contributed by atoms with Gasteiger partial charge in [0.25, 0.3) is 0 Å². The Bertz CT molecular complexity index is 704. The molecule has 0 saturated carbocycles. The van der Waals surface area contributed by atoms with Gasteiger partial charge in [-0.2, -0.15) is 5.26 Å². The second kappa shape index (κ2) is 6.34. The first-order valence-corrected chi connectivity index (χ1v) is 6.01. The molecule has 3 N–H and O–H groups in total. The van der Waals surface area contributed by atoms with E-state index >= 15 is 0 Å². The number of benzene rings is 1. The molecule has 0 aliphatic carbocycles. The Morgan fingerprint density at radius 3 is 2.76 bits per heavy atom. The van der Waals surface area contributed by atoms with E-state index in [1.807, 2.05) is 0 Å². The van der Waals surface area contributed by atoms with E-state index in [-0.39, 0.29) is 17.8 Å². The molecule has 0 fully saturated rings. The molecule has 2 amide bonds. The summed E-state index contributed by atoms with van der Waals surface area (Å²) < 4.78 is 13.0. The van der Waals surface area contributed by atoms with Crippen LogP contribution in [0.2, 0.25) is 0 Å². The lowest BCUT2D eigenvalue weighted by Gasteiger charge is -2.07. The van der Waals surface area contributed by atoms with Gasteiger partial charge >= 0.3 is 11.8 Å². The average Bonchev–Trinajstić information content (AvgIpc) is 2.99. The number of aromatic amines is 1. The van der Waals surface area contributed by atoms with Crippen molar-refractivity contribution in [3.05, 3.63) is 53.6 Å². The van der Waals surface area contributed by atoms with Crippen LogP contribution in [0, 0.1) is 17.1 Å². The maximum absolute atomic E-state index is 13.0. The third kappa shape index (κ3) is 3.67. The second-order valence-electron chi connectivity index (χ2n) is 4.13. The third-order valence-electron chi connectivity index (χ3n) is 2.66. The van der Waals surface area contributed by atoms with E-state index in [1.165, 1.54) is 6.07 Å². The van der Waals surface area contributed by atoms with Crippen molar-refractivity contribution in [3.63, 3.8) is 0 Å². The summed E-state index contributed by atoms with van der Waals surface area (Å²) in [5.74, 6) is -2.37. The number of amides is 2. The van der Waals surface area contributed by atoms with Gasteiger partial charge in [0.05, 0.1) is 17.8 Å². The smallest absolute Gasteiger partial charge is 0.313 e. The minimum Gasteiger partial charge on any atom is -0.364 e. The molecule has 1 aromatic carbocycles. The second-order valence-corrected chi connectivity index (χ2v) is 4.13. The summed E-state index contributed by atoms with van der Waals surface area (Å²) in [5.41, 5.74) is 0.773. The number of aromatic nitrogens is 1. The highest BCUT2D eigenvalue weighted by atomic mass is 19.1. The summed E-state index contributed by atoms with van der Waals surface area (Å²) in [7, 11) is 0. The fourth-order valence-corrected chi connectivity index (χ4v) is 1.63. The van der Waals surface area contributed by atoms with Crippen LogP contribution in [0.5, 0.6) is 0 Å². The molecular formula is C14H11FN4O2. The van der Waals surface area contributed by atoms with Gasteiger partial charge in [-0.05, 0) is 30.3 Å². The zero-order valence-electron chi connectivity index (χ0n) is 10.8. The average molecular weight is 286 g/mol. The molecule has 21 heavy (non-hydrogen) atoms. The molecule has 0 radical (unpaired) electrons. The number of carbonyl (C=O) groups is 2. The van der Waals surface area contributed by atoms with Crippen LogP contribution < -0.4 is 10.6 Å². The lowest BCUT2D eigenvalue weighted by Crippen LogP contribution is -2.35. The lowest BCUT2D eigenvalue weighted by molar-refractivity contribution is -0.136. The molecule has 6 nitrogen and oxygen atoms in total. The van der Waals surface area contributed by atoms with E-state index < -0.39 is 17.6 Å². The first kappa shape index (κ1) is 14.3. The molecule has 0 saturated heterocycles. The summed E-state index contributed by atoms with van der Waals surface area (Å²) in [5, 5.41) is 13.5. The zero-order chi connectivity index (χ0) is 15.2. The predicted molar refractivity (Wildman–Crippen MR) is 72.4 cm³/mol. The fourth-order valence-electron chi connectivity index (χ4n) is 1.63. The van der Waals surface area contributed by atoms with Crippen LogP contribution in [0.1, 0.15) is 11.3 Å². The minimum absolute atomic E-state index is 0.0551. The van der Waals surface area contributed by atoms with Gasteiger partial charge in [0.15, 0.2) is 0 Å². The van der Waals surface area contributed by atoms with Gasteiger partial charge in [-0.15, -0.1) is 0 Å². The zero-order valence-corrected chi connectivity index (χ0v) is 10.8. The molecule has 0 spiro atoms. The number of nitrogens with zero attached hydrogens (tertiary/aromatic N) is 1. The van der Waals surface area contributed by atoms with E-state index in [0.29, 0.717) is 0 Å². The molecule has 0 aliphatic heterocycles. The topological polar surface area (TPSA) is 97.8 Å². The molecule has 0 aliphatic rings. The highest BCUT2D eigenvalue weighted by Gasteiger charge is 2.15. The minimum atomic E-state index is -0.926. The normalized spacial score (nSPS) is 9.71. The number of nitrogens with one attached hydrogen (secondary N) is 3. The fraction of sp³-hybridized carbons (Fsp3) is 0.0714. The van der Waals surface area contributed by atoms with Gasteiger partial charge in [-0.25, -0.2) is 4.39 Å². The molecule has 0 bridgehead atoms. The molecule has 106 valence electrons. The predicted octanol–water partition coefficient (Wildman–Crippen LogP) is 1.28. The Morgan fingerprint density at radius 2 is 2.10 bits per heavy atom. The van der Waals surface area contributed by atoms with Crippen molar-refractivity contribution in [2.45, 2.75) is 6.54 Å². The van der Waals surface area contributed by atoms with Crippen molar-refractivity contribution in [3.8, 4) is 6.07 Å². The Labute approximate surface area is 119 Å². The Kier molecular flexibility index (Phi) is 4.31. The Hall–Kier alpha value is -3.14. The van der Waals surface area contributed by atoms with Gasteiger partial charge < -0.3 is 15.6 Å². The van der Waals surface area contributed by atoms with Crippen LogP contribution in [0.15, 0.2) is 36.5 Å². The van der Waals surface area contributed by atoms with E-state index in [4.69, 9.17) is 5.26 Å². The van der Waals surface area contributed by atoms with Crippen molar-refractivity contribution < 1.29 is 14.0 Å². The molecule has 2 rings (SSSR count). The van der Waals surface area contributed by atoms with Crippen LogP contribution in [0.3, 0.4) is 0 Å². The maximum atomic E-state index is 13.0. The molecule has 1 aromatic heterocycles. The number of hydrogen-bond acceptors (Lipinski definition) is 3.